The molecular weight excluding hydrogens is 330 g/mol. The molecule has 0 atom stereocenters. The largest absolute Gasteiger partial charge is 0.361 e. The summed E-state index contributed by atoms with van der Waals surface area (Å²) in [6.45, 7) is 11.2. The van der Waals surface area contributed by atoms with Crippen LogP contribution >= 0.6 is 0 Å². The van der Waals surface area contributed by atoms with Crippen LogP contribution in [-0.4, -0.2) is 65.3 Å². The molecule has 0 aliphatic carbocycles. The Morgan fingerprint density at radius 3 is 2.54 bits per heavy atom. The number of aryl methyl sites for hydroxylation is 2. The number of nitrogens with one attached hydrogen (secondary N) is 1. The smallest absolute Gasteiger partial charge is 0.225 e. The van der Waals surface area contributed by atoms with E-state index in [1.165, 1.54) is 0 Å². The highest BCUT2D eigenvalue weighted by Gasteiger charge is 2.21. The Hall–Kier alpha value is -2.64. The summed E-state index contributed by atoms with van der Waals surface area (Å²) in [7, 11) is 0. The van der Waals surface area contributed by atoms with Crippen LogP contribution in [0.25, 0.3) is 0 Å². The quantitative estimate of drug-likeness (QED) is 0.640. The van der Waals surface area contributed by atoms with Crippen LogP contribution in [0.15, 0.2) is 28.0 Å². The summed E-state index contributed by atoms with van der Waals surface area (Å²) in [6, 6.07) is 1.84. The number of aliphatic imine (C=N–C) groups is 1. The Morgan fingerprint density at radius 2 is 1.92 bits per heavy atom. The van der Waals surface area contributed by atoms with Gasteiger partial charge in [-0.25, -0.2) is 9.97 Å². The van der Waals surface area contributed by atoms with Crippen LogP contribution in [0.3, 0.4) is 0 Å². The van der Waals surface area contributed by atoms with E-state index in [0.717, 1.165) is 68.1 Å². The van der Waals surface area contributed by atoms with Crippen molar-refractivity contribution in [3.63, 3.8) is 0 Å². The van der Waals surface area contributed by atoms with Gasteiger partial charge in [-0.3, -0.25) is 4.99 Å². The molecule has 0 spiro atoms. The van der Waals surface area contributed by atoms with Crippen molar-refractivity contribution in [2.75, 3.05) is 44.2 Å². The van der Waals surface area contributed by atoms with Gasteiger partial charge in [-0.05, 0) is 33.3 Å². The number of hydrogen-bond donors (Lipinski definition) is 1. The molecule has 1 aliphatic rings. The SMILES string of the molecule is CCNC(=NCCc1c(C)noc1C)N1CCN(c2ncccn2)CC1. The number of guanidine groups is 1. The summed E-state index contributed by atoms with van der Waals surface area (Å²) in [5.41, 5.74) is 2.12. The summed E-state index contributed by atoms with van der Waals surface area (Å²) in [6.07, 6.45) is 4.41. The molecule has 0 aromatic carbocycles. The molecule has 1 N–H and O–H groups in total. The van der Waals surface area contributed by atoms with Crippen LogP contribution in [0.1, 0.15) is 23.9 Å². The zero-order valence-electron chi connectivity index (χ0n) is 15.8. The average molecular weight is 357 g/mol. The van der Waals surface area contributed by atoms with Crippen LogP contribution in [-0.2, 0) is 6.42 Å². The molecule has 2 aromatic heterocycles. The van der Waals surface area contributed by atoms with E-state index in [9.17, 15) is 0 Å². The van der Waals surface area contributed by atoms with Gasteiger partial charge in [0.2, 0.25) is 5.95 Å². The third kappa shape index (κ3) is 4.30. The van der Waals surface area contributed by atoms with Gasteiger partial charge < -0.3 is 19.6 Å². The summed E-state index contributed by atoms with van der Waals surface area (Å²) < 4.78 is 5.23. The first-order valence-corrected chi connectivity index (χ1v) is 9.16. The minimum Gasteiger partial charge on any atom is -0.361 e. The first-order valence-electron chi connectivity index (χ1n) is 9.16. The van der Waals surface area contributed by atoms with E-state index < -0.39 is 0 Å². The maximum Gasteiger partial charge on any atom is 0.225 e. The molecular formula is C18H27N7O. The molecule has 0 amide bonds. The lowest BCUT2D eigenvalue weighted by molar-refractivity contribution is 0.370. The van der Waals surface area contributed by atoms with Gasteiger partial charge in [-0.1, -0.05) is 5.16 Å². The second-order valence-corrected chi connectivity index (χ2v) is 6.31. The van der Waals surface area contributed by atoms with Gasteiger partial charge in [-0.15, -0.1) is 0 Å². The van der Waals surface area contributed by atoms with Gasteiger partial charge in [0.1, 0.15) is 5.76 Å². The highest BCUT2D eigenvalue weighted by atomic mass is 16.5. The third-order valence-corrected chi connectivity index (χ3v) is 4.55. The summed E-state index contributed by atoms with van der Waals surface area (Å²) in [5.74, 6) is 2.65. The van der Waals surface area contributed by atoms with E-state index in [-0.39, 0.29) is 0 Å². The lowest BCUT2D eigenvalue weighted by atomic mass is 10.1. The number of anilines is 1. The zero-order chi connectivity index (χ0) is 18.4. The molecule has 140 valence electrons. The molecule has 3 heterocycles. The Balaban J connectivity index is 1.58. The lowest BCUT2D eigenvalue weighted by Crippen LogP contribution is -2.53. The predicted molar refractivity (Wildman–Crippen MR) is 101 cm³/mol. The number of rotatable bonds is 5. The van der Waals surface area contributed by atoms with Crippen LogP contribution in [0.2, 0.25) is 0 Å². The average Bonchev–Trinajstić information content (AvgIpc) is 3.00. The molecule has 0 bridgehead atoms. The van der Waals surface area contributed by atoms with Crippen molar-refractivity contribution >= 4 is 11.9 Å². The van der Waals surface area contributed by atoms with Crippen molar-refractivity contribution in [2.24, 2.45) is 4.99 Å². The van der Waals surface area contributed by atoms with Gasteiger partial charge in [0.25, 0.3) is 0 Å². The standard InChI is InChI=1S/C18H27N7O/c1-4-19-17(22-9-6-16-14(2)23-26-15(16)3)24-10-12-25(13-11-24)18-20-7-5-8-21-18/h5,7-8H,4,6,9-13H2,1-3H3,(H,19,22). The molecule has 0 unspecified atom stereocenters. The normalized spacial score (nSPS) is 15.4. The van der Waals surface area contributed by atoms with E-state index in [4.69, 9.17) is 9.52 Å². The monoisotopic (exact) mass is 357 g/mol. The molecule has 26 heavy (non-hydrogen) atoms. The second-order valence-electron chi connectivity index (χ2n) is 6.31. The second kappa shape index (κ2) is 8.64. The topological polar surface area (TPSA) is 82.7 Å². The first-order chi connectivity index (χ1) is 12.7. The summed E-state index contributed by atoms with van der Waals surface area (Å²) in [5, 5.41) is 7.41. The molecule has 2 aromatic rings. The van der Waals surface area contributed by atoms with Gasteiger partial charge in [0, 0.05) is 57.2 Å². The fourth-order valence-electron chi connectivity index (χ4n) is 3.13. The Kier molecular flexibility index (Phi) is 6.04. The van der Waals surface area contributed by atoms with Crippen molar-refractivity contribution in [2.45, 2.75) is 27.2 Å². The van der Waals surface area contributed by atoms with Crippen molar-refractivity contribution < 1.29 is 4.52 Å². The highest BCUT2D eigenvalue weighted by molar-refractivity contribution is 5.80. The van der Waals surface area contributed by atoms with E-state index in [2.05, 4.69) is 37.2 Å². The van der Waals surface area contributed by atoms with E-state index >= 15 is 0 Å². The molecule has 1 saturated heterocycles. The van der Waals surface area contributed by atoms with Crippen molar-refractivity contribution in [3.8, 4) is 0 Å². The minimum absolute atomic E-state index is 0.716. The van der Waals surface area contributed by atoms with Gasteiger partial charge in [0.05, 0.1) is 5.69 Å². The van der Waals surface area contributed by atoms with Crippen molar-refractivity contribution in [1.29, 1.82) is 0 Å². The molecule has 0 saturated carbocycles. The molecule has 1 fully saturated rings. The number of hydrogen-bond acceptors (Lipinski definition) is 6. The third-order valence-electron chi connectivity index (χ3n) is 4.55. The molecule has 1 aliphatic heterocycles. The van der Waals surface area contributed by atoms with Gasteiger partial charge in [0.15, 0.2) is 5.96 Å². The van der Waals surface area contributed by atoms with Crippen LogP contribution in [0, 0.1) is 13.8 Å². The number of aromatic nitrogens is 3. The molecule has 3 rings (SSSR count). The predicted octanol–water partition coefficient (Wildman–Crippen LogP) is 1.41. The van der Waals surface area contributed by atoms with Crippen molar-refractivity contribution in [1.82, 2.24) is 25.3 Å². The van der Waals surface area contributed by atoms with E-state index in [0.29, 0.717) is 6.54 Å². The number of piperazine rings is 1. The van der Waals surface area contributed by atoms with Crippen LogP contribution in [0.4, 0.5) is 5.95 Å². The number of nitrogens with zero attached hydrogens (tertiary/aromatic N) is 6. The highest BCUT2D eigenvalue weighted by Crippen LogP contribution is 2.13. The van der Waals surface area contributed by atoms with E-state index in [1.54, 1.807) is 12.4 Å². The van der Waals surface area contributed by atoms with Crippen molar-refractivity contribution in [3.05, 3.63) is 35.5 Å². The van der Waals surface area contributed by atoms with Gasteiger partial charge in [-0.2, -0.15) is 0 Å². The maximum absolute atomic E-state index is 5.23. The Bertz CT molecular complexity index is 701. The van der Waals surface area contributed by atoms with E-state index in [1.807, 2.05) is 19.9 Å². The lowest BCUT2D eigenvalue weighted by Gasteiger charge is -2.36. The first kappa shape index (κ1) is 18.2. The Morgan fingerprint density at radius 1 is 1.19 bits per heavy atom. The fraction of sp³-hybridized carbons (Fsp3) is 0.556. The van der Waals surface area contributed by atoms with Crippen LogP contribution in [0.5, 0.6) is 0 Å². The molecule has 0 radical (unpaired) electrons. The zero-order valence-corrected chi connectivity index (χ0v) is 15.8. The summed E-state index contributed by atoms with van der Waals surface area (Å²) >= 11 is 0. The summed E-state index contributed by atoms with van der Waals surface area (Å²) in [4.78, 5) is 18.0. The fourth-order valence-corrected chi connectivity index (χ4v) is 3.13. The minimum atomic E-state index is 0.716. The Labute approximate surface area is 154 Å². The maximum atomic E-state index is 5.23. The van der Waals surface area contributed by atoms with Gasteiger partial charge >= 0.3 is 0 Å². The molecule has 8 heteroatoms. The molecule has 8 nitrogen and oxygen atoms in total. The van der Waals surface area contributed by atoms with Crippen LogP contribution < -0.4 is 10.2 Å².